The molecule has 0 aromatic rings. The molecule has 0 N–H and O–H groups in total. The minimum Gasteiger partial charge on any atom is -0.158 e. The highest BCUT2D eigenvalue weighted by atomic mass is 32.2. The van der Waals surface area contributed by atoms with Crippen LogP contribution in [0.3, 0.4) is 0 Å². The van der Waals surface area contributed by atoms with Crippen molar-refractivity contribution in [3.05, 3.63) is 0 Å². The first-order chi connectivity index (χ1) is 2.80. The minimum atomic E-state index is 0.949. The molecule has 0 radical (unpaired) electrons. The molecule has 0 saturated carbocycles. The summed E-state index contributed by atoms with van der Waals surface area (Å²) >= 11 is 2.07. The van der Waals surface area contributed by atoms with Crippen molar-refractivity contribution in [2.75, 3.05) is 5.75 Å². The van der Waals surface area contributed by atoms with Crippen molar-refractivity contribution in [1.82, 2.24) is 0 Å². The smallest absolute Gasteiger partial charge is 0.00523 e. The molecule has 1 fully saturated rings. The second kappa shape index (κ2) is 1.45. The summed E-state index contributed by atoms with van der Waals surface area (Å²) in [5.74, 6) is 2.39. The van der Waals surface area contributed by atoms with Crippen molar-refractivity contribution < 1.29 is 0 Å². The normalized spacial score (nSPS) is 45.0. The van der Waals surface area contributed by atoms with Crippen LogP contribution in [-0.4, -0.2) is 11.0 Å². The summed E-state index contributed by atoms with van der Waals surface area (Å²) in [6.45, 7) is 4.60. The molecule has 1 rings (SSSR count). The molecule has 6 heavy (non-hydrogen) atoms. The van der Waals surface area contributed by atoms with Gasteiger partial charge in [-0.05, 0) is 11.7 Å². The third kappa shape index (κ3) is 0.558. The predicted molar refractivity (Wildman–Crippen MR) is 31.1 cm³/mol. The van der Waals surface area contributed by atoms with Crippen molar-refractivity contribution in [3.63, 3.8) is 0 Å². The van der Waals surface area contributed by atoms with E-state index in [1.807, 2.05) is 0 Å². The van der Waals surface area contributed by atoms with E-state index in [9.17, 15) is 0 Å². The fraction of sp³-hybridized carbons (Fsp3) is 1.00. The van der Waals surface area contributed by atoms with Gasteiger partial charge in [0, 0.05) is 5.25 Å². The summed E-state index contributed by atoms with van der Waals surface area (Å²) in [6, 6.07) is 0. The Morgan fingerprint density at radius 2 is 2.00 bits per heavy atom. The van der Waals surface area contributed by atoms with Gasteiger partial charge in [0.15, 0.2) is 0 Å². The Morgan fingerprint density at radius 1 is 1.50 bits per heavy atom. The van der Waals surface area contributed by atoms with Crippen LogP contribution in [0.5, 0.6) is 0 Å². The van der Waals surface area contributed by atoms with E-state index in [1.54, 1.807) is 0 Å². The van der Waals surface area contributed by atoms with Crippen LogP contribution in [0.1, 0.15) is 13.8 Å². The molecule has 1 heteroatoms. The molecule has 1 aliphatic rings. The second-order valence-electron chi connectivity index (χ2n) is 2.02. The molecular formula is C5H10S. The van der Waals surface area contributed by atoms with Crippen LogP contribution in [0.25, 0.3) is 0 Å². The summed E-state index contributed by atoms with van der Waals surface area (Å²) in [6.07, 6.45) is 0. The van der Waals surface area contributed by atoms with E-state index in [0.717, 1.165) is 11.2 Å². The van der Waals surface area contributed by atoms with Crippen molar-refractivity contribution in [2.45, 2.75) is 19.1 Å². The van der Waals surface area contributed by atoms with Gasteiger partial charge in [-0.15, -0.1) is 0 Å². The van der Waals surface area contributed by atoms with Crippen LogP contribution in [0, 0.1) is 5.92 Å². The van der Waals surface area contributed by atoms with Gasteiger partial charge in [-0.2, -0.15) is 11.8 Å². The molecule has 0 spiro atoms. The predicted octanol–water partition coefficient (Wildman–Crippen LogP) is 1.76. The van der Waals surface area contributed by atoms with E-state index in [0.29, 0.717) is 0 Å². The Bertz CT molecular complexity index is 43.9. The van der Waals surface area contributed by atoms with E-state index >= 15 is 0 Å². The third-order valence-corrected chi connectivity index (χ3v) is 3.13. The Labute approximate surface area is 43.3 Å². The quantitative estimate of drug-likeness (QED) is 0.449. The molecular weight excluding hydrogens is 92.1 g/mol. The minimum absolute atomic E-state index is 0.949. The number of hydrogen-bond donors (Lipinski definition) is 0. The van der Waals surface area contributed by atoms with E-state index < -0.39 is 0 Å². The van der Waals surface area contributed by atoms with E-state index in [2.05, 4.69) is 25.6 Å². The first kappa shape index (κ1) is 4.51. The van der Waals surface area contributed by atoms with Crippen LogP contribution in [0.4, 0.5) is 0 Å². The molecule has 0 aromatic carbocycles. The van der Waals surface area contributed by atoms with Crippen molar-refractivity contribution >= 4 is 11.8 Å². The first-order valence-corrected chi connectivity index (χ1v) is 3.47. The van der Waals surface area contributed by atoms with Gasteiger partial charge in [0.1, 0.15) is 0 Å². The molecule has 0 amide bonds. The van der Waals surface area contributed by atoms with Crippen LogP contribution in [-0.2, 0) is 0 Å². The lowest BCUT2D eigenvalue weighted by Crippen LogP contribution is -2.23. The van der Waals surface area contributed by atoms with E-state index in [4.69, 9.17) is 0 Å². The maximum Gasteiger partial charge on any atom is 0.00523 e. The summed E-state index contributed by atoms with van der Waals surface area (Å²) in [4.78, 5) is 0. The van der Waals surface area contributed by atoms with Gasteiger partial charge in [-0.1, -0.05) is 13.8 Å². The van der Waals surface area contributed by atoms with Crippen LogP contribution < -0.4 is 0 Å². The largest absolute Gasteiger partial charge is 0.158 e. The Balaban J connectivity index is 2.20. The molecule has 0 aromatic heterocycles. The Kier molecular flexibility index (Phi) is 1.09. The topological polar surface area (TPSA) is 0 Å². The first-order valence-electron chi connectivity index (χ1n) is 2.42. The summed E-state index contributed by atoms with van der Waals surface area (Å²) < 4.78 is 0. The SMILES string of the molecule is CC1CSC1C. The van der Waals surface area contributed by atoms with Gasteiger partial charge in [0.25, 0.3) is 0 Å². The molecule has 1 saturated heterocycles. The maximum absolute atomic E-state index is 2.31. The zero-order valence-electron chi connectivity index (χ0n) is 4.27. The average Bonchev–Trinajstić information content (AvgIpc) is 1.61. The molecule has 0 nitrogen and oxygen atoms in total. The van der Waals surface area contributed by atoms with Gasteiger partial charge < -0.3 is 0 Å². The maximum atomic E-state index is 2.31. The van der Waals surface area contributed by atoms with Gasteiger partial charge in [0.2, 0.25) is 0 Å². The molecule has 36 valence electrons. The summed E-state index contributed by atoms with van der Waals surface area (Å²) in [5.41, 5.74) is 0. The molecule has 1 heterocycles. The lowest BCUT2D eigenvalue weighted by atomic mass is 10.1. The number of thioether (sulfide) groups is 1. The Hall–Kier alpha value is 0.350. The van der Waals surface area contributed by atoms with Crippen molar-refractivity contribution in [2.24, 2.45) is 5.92 Å². The summed E-state index contributed by atoms with van der Waals surface area (Å²) in [5, 5.41) is 0.949. The molecule has 0 bridgehead atoms. The highest BCUT2D eigenvalue weighted by molar-refractivity contribution is 8.01. The van der Waals surface area contributed by atoms with Gasteiger partial charge in [-0.3, -0.25) is 0 Å². The van der Waals surface area contributed by atoms with Crippen molar-refractivity contribution in [3.8, 4) is 0 Å². The zero-order valence-corrected chi connectivity index (χ0v) is 5.09. The molecule has 2 atom stereocenters. The van der Waals surface area contributed by atoms with E-state index in [-0.39, 0.29) is 0 Å². The number of hydrogen-bond acceptors (Lipinski definition) is 1. The number of rotatable bonds is 0. The second-order valence-corrected chi connectivity index (χ2v) is 3.43. The highest BCUT2D eigenvalue weighted by Gasteiger charge is 2.21. The van der Waals surface area contributed by atoms with Gasteiger partial charge in [0.05, 0.1) is 0 Å². The molecule has 1 aliphatic heterocycles. The fourth-order valence-corrected chi connectivity index (χ4v) is 1.44. The average molecular weight is 102 g/mol. The third-order valence-electron chi connectivity index (χ3n) is 1.42. The van der Waals surface area contributed by atoms with Crippen LogP contribution in [0.2, 0.25) is 0 Å². The van der Waals surface area contributed by atoms with Crippen molar-refractivity contribution in [1.29, 1.82) is 0 Å². The Morgan fingerprint density at radius 3 is 2.00 bits per heavy atom. The van der Waals surface area contributed by atoms with E-state index in [1.165, 1.54) is 5.75 Å². The highest BCUT2D eigenvalue weighted by Crippen LogP contribution is 2.32. The van der Waals surface area contributed by atoms with Gasteiger partial charge >= 0.3 is 0 Å². The standard InChI is InChI=1S/C5H10S/c1-4-3-6-5(4)2/h4-5H,3H2,1-2H3. The lowest BCUT2D eigenvalue weighted by molar-refractivity contribution is 0.610. The fourth-order valence-electron chi connectivity index (χ4n) is 0.481. The summed E-state index contributed by atoms with van der Waals surface area (Å²) in [7, 11) is 0. The van der Waals surface area contributed by atoms with Gasteiger partial charge in [-0.25, -0.2) is 0 Å². The van der Waals surface area contributed by atoms with Crippen LogP contribution in [0.15, 0.2) is 0 Å². The monoisotopic (exact) mass is 102 g/mol. The van der Waals surface area contributed by atoms with Crippen LogP contribution >= 0.6 is 11.8 Å². The zero-order chi connectivity index (χ0) is 4.57. The molecule has 0 aliphatic carbocycles. The molecule has 2 unspecified atom stereocenters. The lowest BCUT2D eigenvalue weighted by Gasteiger charge is -2.29.